The molecule has 5 nitrogen and oxygen atoms in total. The third-order valence-electron chi connectivity index (χ3n) is 5.77. The van der Waals surface area contributed by atoms with Gasteiger partial charge in [0.1, 0.15) is 0 Å². The predicted octanol–water partition coefficient (Wildman–Crippen LogP) is 5.36. The fourth-order valence-electron chi connectivity index (χ4n) is 4.08. The normalized spacial score (nSPS) is 15.4. The van der Waals surface area contributed by atoms with Gasteiger partial charge < -0.3 is 5.32 Å². The lowest BCUT2D eigenvalue weighted by molar-refractivity contribution is -0.116. The maximum Gasteiger partial charge on any atom is 0.270 e. The molecule has 0 saturated heterocycles. The Labute approximate surface area is 205 Å². The molecule has 0 fully saturated rings. The highest BCUT2D eigenvalue weighted by Crippen LogP contribution is 2.43. The lowest BCUT2D eigenvalue weighted by Gasteiger charge is -2.33. The fraction of sp³-hybridized carbons (Fsp3) is 0.148. The van der Waals surface area contributed by atoms with E-state index in [1.54, 1.807) is 30.3 Å². The lowest BCUT2D eigenvalue weighted by atomic mass is 9.95. The van der Waals surface area contributed by atoms with Gasteiger partial charge in [0.25, 0.3) is 15.9 Å². The number of hydrogen-bond donors (Lipinski definition) is 1. The number of anilines is 1. The van der Waals surface area contributed by atoms with Crippen molar-refractivity contribution in [1.29, 1.82) is 0 Å². The number of amides is 1. The molecule has 7 heteroatoms. The Morgan fingerprint density at radius 1 is 1.06 bits per heavy atom. The molecule has 1 N–H and O–H groups in total. The molecular weight excluding hydrogens is 468 g/mol. The van der Waals surface area contributed by atoms with Crippen molar-refractivity contribution >= 4 is 38.8 Å². The van der Waals surface area contributed by atoms with E-state index in [9.17, 15) is 13.2 Å². The van der Waals surface area contributed by atoms with Crippen LogP contribution in [0.25, 0.3) is 5.57 Å². The van der Waals surface area contributed by atoms with Crippen LogP contribution in [0.2, 0.25) is 5.02 Å². The minimum absolute atomic E-state index is 0.00299. The van der Waals surface area contributed by atoms with Gasteiger partial charge in [-0.15, -0.1) is 6.58 Å². The first kappa shape index (κ1) is 23.8. The van der Waals surface area contributed by atoms with Crippen molar-refractivity contribution in [2.24, 2.45) is 0 Å². The molecule has 1 amide bonds. The van der Waals surface area contributed by atoms with Crippen LogP contribution in [0.5, 0.6) is 0 Å². The third-order valence-corrected chi connectivity index (χ3v) is 7.84. The fourth-order valence-corrected chi connectivity index (χ4v) is 5.98. The van der Waals surface area contributed by atoms with Crippen molar-refractivity contribution in [3.8, 4) is 0 Å². The first-order valence-corrected chi connectivity index (χ1v) is 12.7. The second-order valence-corrected chi connectivity index (χ2v) is 10.3. The first-order chi connectivity index (χ1) is 16.3. The van der Waals surface area contributed by atoms with Gasteiger partial charge >= 0.3 is 0 Å². The quantitative estimate of drug-likeness (QED) is 0.452. The van der Waals surface area contributed by atoms with E-state index in [4.69, 9.17) is 11.6 Å². The number of fused-ring (bicyclic) bond motifs is 1. The molecule has 1 aliphatic heterocycles. The second-order valence-electron chi connectivity index (χ2n) is 8.08. The minimum Gasteiger partial charge on any atom is -0.351 e. The van der Waals surface area contributed by atoms with E-state index < -0.39 is 15.9 Å². The summed E-state index contributed by atoms with van der Waals surface area (Å²) >= 11 is 6.31. The molecule has 0 aromatic heterocycles. The number of halogens is 1. The van der Waals surface area contributed by atoms with Crippen molar-refractivity contribution in [1.82, 2.24) is 5.32 Å². The lowest BCUT2D eigenvalue weighted by Crippen LogP contribution is -2.42. The van der Waals surface area contributed by atoms with Crippen LogP contribution in [0.15, 0.2) is 96.4 Å². The van der Waals surface area contributed by atoms with Gasteiger partial charge in [-0.2, -0.15) is 0 Å². The zero-order chi connectivity index (χ0) is 24.3. The van der Waals surface area contributed by atoms with Crippen LogP contribution >= 0.6 is 11.6 Å². The molecule has 0 aliphatic carbocycles. The zero-order valence-corrected chi connectivity index (χ0v) is 20.3. The average molecular weight is 493 g/mol. The van der Waals surface area contributed by atoms with Crippen LogP contribution in [-0.2, 0) is 14.8 Å². The van der Waals surface area contributed by atoms with Gasteiger partial charge in [0.15, 0.2) is 4.91 Å². The highest BCUT2D eigenvalue weighted by Gasteiger charge is 2.41. The third kappa shape index (κ3) is 4.52. The Balaban J connectivity index is 1.85. The number of nitrogens with one attached hydrogen (secondary N) is 1. The first-order valence-electron chi connectivity index (χ1n) is 10.9. The molecule has 0 spiro atoms. The monoisotopic (exact) mass is 492 g/mol. The molecule has 4 rings (SSSR count). The van der Waals surface area contributed by atoms with Gasteiger partial charge in [-0.3, -0.25) is 9.10 Å². The van der Waals surface area contributed by atoms with Gasteiger partial charge in [-0.1, -0.05) is 85.3 Å². The Morgan fingerprint density at radius 2 is 1.71 bits per heavy atom. The number of benzene rings is 3. The summed E-state index contributed by atoms with van der Waals surface area (Å²) in [6, 6.07) is 23.8. The van der Waals surface area contributed by atoms with Gasteiger partial charge in [0.05, 0.1) is 12.2 Å². The molecule has 0 radical (unpaired) electrons. The maximum atomic E-state index is 13.8. The Kier molecular flexibility index (Phi) is 6.91. The molecule has 3 aromatic carbocycles. The van der Waals surface area contributed by atoms with Gasteiger partial charge in [0, 0.05) is 22.7 Å². The molecular formula is C27H25ClN2O3S. The van der Waals surface area contributed by atoms with Crippen molar-refractivity contribution < 1.29 is 13.2 Å². The summed E-state index contributed by atoms with van der Waals surface area (Å²) in [7, 11) is -4.18. The van der Waals surface area contributed by atoms with E-state index in [1.165, 1.54) is 10.4 Å². The molecule has 1 atom stereocenters. The van der Waals surface area contributed by atoms with Crippen LogP contribution < -0.4 is 9.62 Å². The smallest absolute Gasteiger partial charge is 0.270 e. The van der Waals surface area contributed by atoms with Gasteiger partial charge in [-0.25, -0.2) is 8.42 Å². The zero-order valence-electron chi connectivity index (χ0n) is 18.7. The second kappa shape index (κ2) is 9.87. The van der Waals surface area contributed by atoms with Crippen LogP contribution in [-0.4, -0.2) is 27.4 Å². The van der Waals surface area contributed by atoms with E-state index >= 15 is 0 Å². The molecule has 1 unspecified atom stereocenters. The topological polar surface area (TPSA) is 66.5 Å². The SMILES string of the molecule is C=CCN1c2ccc(Cl)cc2C(c2ccccc2)=C(C(=O)NCC(C)c2ccccc2)S1(=O)=O. The average Bonchev–Trinajstić information content (AvgIpc) is 2.84. The van der Waals surface area contributed by atoms with Crippen molar-refractivity contribution in [2.45, 2.75) is 12.8 Å². The number of sulfonamides is 1. The largest absolute Gasteiger partial charge is 0.351 e. The molecule has 34 heavy (non-hydrogen) atoms. The standard InChI is InChI=1S/C27H25ClN2O3S/c1-3-16-30-24-15-14-22(28)17-23(24)25(21-12-8-5-9-13-21)26(34(30,32)33)27(31)29-18-19(2)20-10-6-4-7-11-20/h3-15,17,19H,1,16,18H2,2H3,(H,29,31). The highest BCUT2D eigenvalue weighted by molar-refractivity contribution is 7.97. The van der Waals surface area contributed by atoms with Gasteiger partial charge in [0.2, 0.25) is 0 Å². The van der Waals surface area contributed by atoms with Crippen LogP contribution in [0.1, 0.15) is 29.5 Å². The number of carbonyl (C=O) groups excluding carboxylic acids is 1. The molecule has 174 valence electrons. The summed E-state index contributed by atoms with van der Waals surface area (Å²) in [5.41, 5.74) is 3.04. The number of carbonyl (C=O) groups is 1. The Hall–Kier alpha value is -3.35. The van der Waals surface area contributed by atoms with E-state index in [2.05, 4.69) is 11.9 Å². The van der Waals surface area contributed by atoms with Gasteiger partial charge in [-0.05, 0) is 35.2 Å². The minimum atomic E-state index is -4.18. The van der Waals surface area contributed by atoms with Crippen LogP contribution in [0, 0.1) is 0 Å². The molecule has 1 heterocycles. The number of rotatable bonds is 7. The molecule has 0 bridgehead atoms. The summed E-state index contributed by atoms with van der Waals surface area (Å²) in [5.74, 6) is -0.649. The summed E-state index contributed by atoms with van der Waals surface area (Å²) in [5, 5.41) is 3.30. The summed E-state index contributed by atoms with van der Waals surface area (Å²) in [4.78, 5) is 13.2. The van der Waals surface area contributed by atoms with Crippen molar-refractivity contribution in [3.63, 3.8) is 0 Å². The van der Waals surface area contributed by atoms with E-state index in [1.807, 2.05) is 55.5 Å². The summed E-state index contributed by atoms with van der Waals surface area (Å²) in [6.07, 6.45) is 1.50. The molecule has 1 aliphatic rings. The van der Waals surface area contributed by atoms with E-state index in [0.29, 0.717) is 27.4 Å². The van der Waals surface area contributed by atoms with E-state index in [0.717, 1.165) is 5.56 Å². The summed E-state index contributed by atoms with van der Waals surface area (Å²) in [6.45, 7) is 5.99. The maximum absolute atomic E-state index is 13.8. The Morgan fingerprint density at radius 3 is 2.35 bits per heavy atom. The number of hydrogen-bond acceptors (Lipinski definition) is 3. The summed E-state index contributed by atoms with van der Waals surface area (Å²) < 4.78 is 28.8. The van der Waals surface area contributed by atoms with E-state index in [-0.39, 0.29) is 23.9 Å². The van der Waals surface area contributed by atoms with Crippen LogP contribution in [0.3, 0.4) is 0 Å². The Bertz CT molecular complexity index is 1350. The highest BCUT2D eigenvalue weighted by atomic mass is 35.5. The molecule has 3 aromatic rings. The number of nitrogens with zero attached hydrogens (tertiary/aromatic N) is 1. The van der Waals surface area contributed by atoms with Crippen molar-refractivity contribution in [2.75, 3.05) is 17.4 Å². The van der Waals surface area contributed by atoms with Crippen LogP contribution in [0.4, 0.5) is 5.69 Å². The predicted molar refractivity (Wildman–Crippen MR) is 138 cm³/mol. The van der Waals surface area contributed by atoms with Crippen molar-refractivity contribution in [3.05, 3.63) is 118 Å². The molecule has 0 saturated carbocycles.